The number of nitrogens with one attached hydrogen (secondary N) is 1. The molecular weight excluding hydrogens is 1110 g/mol. The fourth-order valence-electron chi connectivity index (χ4n) is 10.9. The van der Waals surface area contributed by atoms with Gasteiger partial charge in [0.2, 0.25) is 5.91 Å². The number of hydrogen-bond donors (Lipinski definition) is 6. The van der Waals surface area contributed by atoms with Crippen LogP contribution in [-0.4, -0.2) is 99.6 Å². The molecule has 1 heterocycles. The van der Waals surface area contributed by atoms with E-state index in [4.69, 9.17) is 14.2 Å². The van der Waals surface area contributed by atoms with Gasteiger partial charge in [-0.15, -0.1) is 0 Å². The molecule has 8 unspecified atom stereocenters. The van der Waals surface area contributed by atoms with Crippen LogP contribution in [0.25, 0.3) is 0 Å². The number of hydrogen-bond acceptors (Lipinski definition) is 10. The molecule has 0 bridgehead atoms. The van der Waals surface area contributed by atoms with E-state index in [0.717, 1.165) is 103 Å². The predicted octanol–water partition coefficient (Wildman–Crippen LogP) is 19.2. The monoisotopic (exact) mass is 1250 g/mol. The minimum atomic E-state index is -1.63. The summed E-state index contributed by atoms with van der Waals surface area (Å²) in [4.78, 5) is 26.7. The Morgan fingerprint density at radius 2 is 0.809 bits per heavy atom. The Kier molecular flexibility index (Phi) is 60.3. The molecule has 0 saturated carbocycles. The molecular formula is C78H135NO10. The number of carbonyl (C=O) groups is 2. The Hall–Kier alpha value is -3.68. The summed E-state index contributed by atoms with van der Waals surface area (Å²) in [5.74, 6) is -1.22. The van der Waals surface area contributed by atoms with E-state index < -0.39 is 67.4 Å². The lowest BCUT2D eigenvalue weighted by Gasteiger charge is -2.41. The maximum atomic E-state index is 13.5. The highest BCUT2D eigenvalue weighted by molar-refractivity contribution is 5.80. The summed E-state index contributed by atoms with van der Waals surface area (Å²) in [5, 5.41) is 57.3. The van der Waals surface area contributed by atoms with Crippen molar-refractivity contribution in [3.63, 3.8) is 0 Å². The number of amides is 1. The van der Waals surface area contributed by atoms with Crippen LogP contribution >= 0.6 is 0 Å². The first-order valence-electron chi connectivity index (χ1n) is 36.7. The van der Waals surface area contributed by atoms with Crippen LogP contribution in [0.4, 0.5) is 0 Å². The molecule has 1 aliphatic heterocycles. The molecule has 11 nitrogen and oxygen atoms in total. The number of allylic oxidation sites excluding steroid dienone is 17. The summed E-state index contributed by atoms with van der Waals surface area (Å²) in [6, 6.07) is -1.05. The molecule has 1 fully saturated rings. The largest absolute Gasteiger partial charge is 0.454 e. The van der Waals surface area contributed by atoms with Gasteiger partial charge in [0.1, 0.15) is 24.4 Å². The van der Waals surface area contributed by atoms with Crippen LogP contribution in [-0.2, 0) is 23.8 Å². The molecule has 1 aliphatic rings. The van der Waals surface area contributed by atoms with Crippen molar-refractivity contribution in [1.29, 1.82) is 0 Å². The Labute approximate surface area is 545 Å². The van der Waals surface area contributed by atoms with E-state index in [1.54, 1.807) is 6.08 Å². The van der Waals surface area contributed by atoms with Crippen molar-refractivity contribution in [3.05, 3.63) is 109 Å². The molecule has 0 aromatic rings. The minimum Gasteiger partial charge on any atom is -0.454 e. The summed E-state index contributed by atoms with van der Waals surface area (Å²) in [5.41, 5.74) is 0. The molecule has 1 rings (SSSR count). The third-order valence-electron chi connectivity index (χ3n) is 16.7. The summed E-state index contributed by atoms with van der Waals surface area (Å²) >= 11 is 0. The number of ether oxygens (including phenoxy) is 3. The number of unbranched alkanes of at least 4 members (excludes halogenated alkanes) is 32. The van der Waals surface area contributed by atoms with Crippen molar-refractivity contribution >= 4 is 11.9 Å². The number of carbonyl (C=O) groups excluding carboxylic acids is 2. The van der Waals surface area contributed by atoms with Crippen LogP contribution in [0.3, 0.4) is 0 Å². The molecule has 1 amide bonds. The molecule has 0 aliphatic carbocycles. The van der Waals surface area contributed by atoms with Crippen molar-refractivity contribution in [2.45, 2.75) is 359 Å². The van der Waals surface area contributed by atoms with E-state index in [1.807, 2.05) is 6.08 Å². The molecule has 1 saturated heterocycles. The smallest absolute Gasteiger partial charge is 0.306 e. The molecule has 11 heteroatoms. The molecule has 6 N–H and O–H groups in total. The zero-order valence-electron chi connectivity index (χ0n) is 57.0. The van der Waals surface area contributed by atoms with Crippen LogP contribution in [0.15, 0.2) is 109 Å². The third kappa shape index (κ3) is 51.5. The Morgan fingerprint density at radius 3 is 1.24 bits per heavy atom. The minimum absolute atomic E-state index is 0.116. The van der Waals surface area contributed by atoms with E-state index >= 15 is 0 Å². The van der Waals surface area contributed by atoms with Gasteiger partial charge >= 0.3 is 5.97 Å². The Balaban J connectivity index is 2.60. The van der Waals surface area contributed by atoms with E-state index in [9.17, 15) is 35.1 Å². The van der Waals surface area contributed by atoms with Crippen molar-refractivity contribution in [3.8, 4) is 0 Å². The van der Waals surface area contributed by atoms with Gasteiger partial charge in [0, 0.05) is 6.42 Å². The van der Waals surface area contributed by atoms with Crippen molar-refractivity contribution in [1.82, 2.24) is 5.32 Å². The Morgan fingerprint density at radius 1 is 0.449 bits per heavy atom. The predicted molar refractivity (Wildman–Crippen MR) is 375 cm³/mol. The van der Waals surface area contributed by atoms with Crippen LogP contribution in [0.1, 0.15) is 310 Å². The average molecular weight is 1250 g/mol. The molecule has 512 valence electrons. The van der Waals surface area contributed by atoms with Crippen molar-refractivity contribution < 1.29 is 49.3 Å². The van der Waals surface area contributed by atoms with E-state index in [2.05, 4.69) is 123 Å². The van der Waals surface area contributed by atoms with E-state index in [-0.39, 0.29) is 19.4 Å². The maximum absolute atomic E-state index is 13.5. The van der Waals surface area contributed by atoms with Gasteiger partial charge in [-0.1, -0.05) is 304 Å². The second-order valence-electron chi connectivity index (χ2n) is 24.9. The average Bonchev–Trinajstić information content (AvgIpc) is 3.11. The zero-order valence-corrected chi connectivity index (χ0v) is 57.0. The fourth-order valence-corrected chi connectivity index (χ4v) is 10.9. The summed E-state index contributed by atoms with van der Waals surface area (Å²) in [6.07, 6.45) is 78.4. The highest BCUT2D eigenvalue weighted by atomic mass is 16.7. The van der Waals surface area contributed by atoms with Crippen LogP contribution in [0.5, 0.6) is 0 Å². The third-order valence-corrected chi connectivity index (χ3v) is 16.7. The van der Waals surface area contributed by atoms with Gasteiger partial charge in [-0.3, -0.25) is 9.59 Å². The summed E-state index contributed by atoms with van der Waals surface area (Å²) in [7, 11) is 0. The fraction of sp³-hybridized carbons (Fsp3) is 0.744. The van der Waals surface area contributed by atoms with Gasteiger partial charge in [-0.2, -0.15) is 0 Å². The number of rotatable bonds is 62. The SMILES string of the molecule is CC/C=C\C/C=C\C/C=C\C/C=C\C/C=C\C/C=C\CCCCCC(O)C(=O)NC(COC1OC(CO)C(O)C(O)C1OC(=O)CCCCCCCCCCCCCCCCC/C=C\C/C=C\CCCCC)C(O)/C=C/CCCCCCCCCCCCC. The first kappa shape index (κ1) is 83.3. The van der Waals surface area contributed by atoms with E-state index in [0.29, 0.717) is 12.8 Å². The maximum Gasteiger partial charge on any atom is 0.306 e. The van der Waals surface area contributed by atoms with Gasteiger partial charge in [-0.25, -0.2) is 0 Å². The second kappa shape index (κ2) is 64.4. The standard InChI is InChI=1S/C78H135NO10/c1-4-7-10-13-16-19-22-25-27-29-31-33-35-36-37-39-41-43-45-48-51-54-57-60-63-66-73(83)89-76-75(85)74(84)72(67-80)88-78(76)87-68-69(70(81)64-61-58-55-52-49-46-24-21-18-15-12-9-6-3)79-77(86)71(82)65-62-59-56-53-50-47-44-42-40-38-34-32-30-28-26-23-20-17-14-11-8-5-2/h8,11,16-17,19-20,25-28,32,34,40,42,47,50,61,64,69-72,74-76,78,80-82,84-85H,4-7,9-10,12-15,18,21-24,29-31,33,35-39,41,43-46,48-49,51-60,62-63,65-68H2,1-3H3,(H,79,86)/b11-8-,19-16-,20-17-,27-25-,28-26-,34-32-,42-40-,50-47-,64-61+. The van der Waals surface area contributed by atoms with Gasteiger partial charge in [0.15, 0.2) is 12.4 Å². The number of aliphatic hydroxyl groups is 5. The first-order chi connectivity index (χ1) is 43.7. The molecule has 89 heavy (non-hydrogen) atoms. The van der Waals surface area contributed by atoms with Gasteiger partial charge in [-0.05, 0) is 109 Å². The second-order valence-corrected chi connectivity index (χ2v) is 24.9. The van der Waals surface area contributed by atoms with Crippen molar-refractivity contribution in [2.75, 3.05) is 13.2 Å². The molecule has 8 atom stereocenters. The number of aliphatic hydroxyl groups excluding tert-OH is 5. The van der Waals surface area contributed by atoms with Gasteiger partial charge in [0.25, 0.3) is 0 Å². The Bertz CT molecular complexity index is 1870. The molecule has 0 spiro atoms. The topological polar surface area (TPSA) is 175 Å². The summed E-state index contributed by atoms with van der Waals surface area (Å²) in [6.45, 7) is 5.67. The number of esters is 1. The lowest BCUT2D eigenvalue weighted by molar-refractivity contribution is -0.305. The molecule has 0 aromatic carbocycles. The molecule has 0 aromatic heterocycles. The normalized spacial score (nSPS) is 18.8. The zero-order chi connectivity index (χ0) is 64.6. The lowest BCUT2D eigenvalue weighted by atomic mass is 9.99. The highest BCUT2D eigenvalue weighted by Gasteiger charge is 2.47. The molecule has 0 radical (unpaired) electrons. The van der Waals surface area contributed by atoms with E-state index in [1.165, 1.54) is 161 Å². The highest BCUT2D eigenvalue weighted by Crippen LogP contribution is 2.26. The summed E-state index contributed by atoms with van der Waals surface area (Å²) < 4.78 is 17.7. The quantitative estimate of drug-likeness (QED) is 0.0195. The lowest BCUT2D eigenvalue weighted by Crippen LogP contribution is -2.61. The van der Waals surface area contributed by atoms with Gasteiger partial charge < -0.3 is 45.1 Å². The van der Waals surface area contributed by atoms with Crippen LogP contribution < -0.4 is 5.32 Å². The van der Waals surface area contributed by atoms with Crippen LogP contribution in [0.2, 0.25) is 0 Å². The van der Waals surface area contributed by atoms with Crippen molar-refractivity contribution in [2.24, 2.45) is 0 Å². The van der Waals surface area contributed by atoms with Gasteiger partial charge in [0.05, 0.1) is 25.4 Å². The van der Waals surface area contributed by atoms with Crippen LogP contribution in [0, 0.1) is 0 Å². The first-order valence-corrected chi connectivity index (χ1v) is 36.7.